The molecule has 1 aliphatic heterocycles. The van der Waals surface area contributed by atoms with Crippen LogP contribution in [-0.4, -0.2) is 33.3 Å². The monoisotopic (exact) mass is 332 g/mol. The van der Waals surface area contributed by atoms with Crippen LogP contribution in [0.2, 0.25) is 0 Å². The largest absolute Gasteiger partial charge is 0.489 e. The summed E-state index contributed by atoms with van der Waals surface area (Å²) in [6.07, 6.45) is -3.47. The Morgan fingerprint density at radius 2 is 2.22 bits per heavy atom. The third-order valence-electron chi connectivity index (χ3n) is 3.48. The minimum atomic E-state index is -4.66. The standard InChI is InChI=1S/C13H11F3N2O5/c14-13(15,16)10-5-7(2-4-23-10)11(12(19)20)8-1-3-17-6-9(8)18(21)22/h1-4,6-7,10-11H,5H2,(H,19,20). The molecule has 2 rings (SSSR count). The van der Waals surface area contributed by atoms with Gasteiger partial charge in [-0.3, -0.25) is 19.9 Å². The van der Waals surface area contributed by atoms with Gasteiger partial charge in [0.1, 0.15) is 6.20 Å². The normalized spacial score (nSPS) is 22.2. The van der Waals surface area contributed by atoms with E-state index in [9.17, 15) is 33.2 Å². The number of carboxylic acids is 1. The molecule has 0 aliphatic carbocycles. The van der Waals surface area contributed by atoms with Gasteiger partial charge in [0.25, 0.3) is 5.69 Å². The van der Waals surface area contributed by atoms with Gasteiger partial charge in [-0.25, -0.2) is 0 Å². The van der Waals surface area contributed by atoms with Gasteiger partial charge in [0, 0.05) is 24.1 Å². The predicted molar refractivity (Wildman–Crippen MR) is 69.4 cm³/mol. The molecule has 23 heavy (non-hydrogen) atoms. The Bertz CT molecular complexity index is 647. The fourth-order valence-corrected chi connectivity index (χ4v) is 2.44. The summed E-state index contributed by atoms with van der Waals surface area (Å²) >= 11 is 0. The van der Waals surface area contributed by atoms with Gasteiger partial charge < -0.3 is 9.84 Å². The zero-order valence-electron chi connectivity index (χ0n) is 11.4. The number of aliphatic carboxylic acids is 1. The van der Waals surface area contributed by atoms with Crippen LogP contribution in [0.5, 0.6) is 0 Å². The second-order valence-corrected chi connectivity index (χ2v) is 4.90. The summed E-state index contributed by atoms with van der Waals surface area (Å²) in [4.78, 5) is 25.3. The van der Waals surface area contributed by atoms with E-state index in [2.05, 4.69) is 9.72 Å². The van der Waals surface area contributed by atoms with Crippen LogP contribution in [0.15, 0.2) is 30.8 Å². The van der Waals surface area contributed by atoms with Crippen LogP contribution < -0.4 is 0 Å². The van der Waals surface area contributed by atoms with Gasteiger partial charge in [-0.1, -0.05) is 0 Å². The minimum absolute atomic E-state index is 0.199. The molecule has 0 bridgehead atoms. The fourth-order valence-electron chi connectivity index (χ4n) is 2.44. The summed E-state index contributed by atoms with van der Waals surface area (Å²) in [6, 6.07) is 1.13. The molecular formula is C13H11F3N2O5. The zero-order chi connectivity index (χ0) is 17.2. The van der Waals surface area contributed by atoms with Gasteiger partial charge in [-0.15, -0.1) is 0 Å². The third kappa shape index (κ3) is 3.58. The summed E-state index contributed by atoms with van der Waals surface area (Å²) in [6.45, 7) is 0. The van der Waals surface area contributed by atoms with E-state index in [1.54, 1.807) is 0 Å². The molecule has 0 fully saturated rings. The SMILES string of the molecule is O=C(O)C(c1ccncc1[N+](=O)[O-])C1C=COC(C(F)(F)F)C1. The van der Waals surface area contributed by atoms with Crippen molar-refractivity contribution < 1.29 is 32.7 Å². The number of halogens is 3. The first kappa shape index (κ1) is 16.7. The molecule has 2 heterocycles. The van der Waals surface area contributed by atoms with E-state index in [1.165, 1.54) is 6.08 Å². The molecule has 7 nitrogen and oxygen atoms in total. The molecule has 1 N–H and O–H groups in total. The van der Waals surface area contributed by atoms with Crippen LogP contribution in [0, 0.1) is 16.0 Å². The topological polar surface area (TPSA) is 103 Å². The lowest BCUT2D eigenvalue weighted by molar-refractivity contribution is -0.386. The maximum absolute atomic E-state index is 12.8. The van der Waals surface area contributed by atoms with E-state index in [0.29, 0.717) is 0 Å². The highest BCUT2D eigenvalue weighted by Crippen LogP contribution is 2.40. The first-order valence-electron chi connectivity index (χ1n) is 6.41. The molecule has 3 unspecified atom stereocenters. The summed E-state index contributed by atoms with van der Waals surface area (Å²) in [7, 11) is 0. The van der Waals surface area contributed by atoms with Crippen LogP contribution in [0.1, 0.15) is 17.9 Å². The van der Waals surface area contributed by atoms with Gasteiger partial charge in [-0.2, -0.15) is 13.2 Å². The van der Waals surface area contributed by atoms with Crippen LogP contribution in [0.4, 0.5) is 18.9 Å². The number of pyridine rings is 1. The quantitative estimate of drug-likeness (QED) is 0.671. The van der Waals surface area contributed by atoms with E-state index in [1.807, 2.05) is 0 Å². The Labute approximate surface area is 127 Å². The highest BCUT2D eigenvalue weighted by molar-refractivity contribution is 5.78. The molecular weight excluding hydrogens is 321 g/mol. The number of aromatic nitrogens is 1. The minimum Gasteiger partial charge on any atom is -0.489 e. The second kappa shape index (κ2) is 6.23. The molecule has 1 aromatic rings. The zero-order valence-corrected chi connectivity index (χ0v) is 11.4. The summed E-state index contributed by atoms with van der Waals surface area (Å²) in [5.41, 5.74) is -0.752. The molecule has 0 amide bonds. The van der Waals surface area contributed by atoms with Gasteiger partial charge in [0.05, 0.1) is 17.1 Å². The molecule has 3 atom stereocenters. The van der Waals surface area contributed by atoms with Crippen molar-refractivity contribution in [3.05, 3.63) is 46.5 Å². The summed E-state index contributed by atoms with van der Waals surface area (Å²) < 4.78 is 42.8. The molecule has 0 saturated carbocycles. The van der Waals surface area contributed by atoms with Crippen molar-refractivity contribution in [3.63, 3.8) is 0 Å². The molecule has 10 heteroatoms. The Hall–Kier alpha value is -2.65. The highest BCUT2D eigenvalue weighted by atomic mass is 19.4. The number of rotatable bonds is 4. The Morgan fingerprint density at radius 3 is 2.78 bits per heavy atom. The van der Waals surface area contributed by atoms with E-state index < -0.39 is 47.1 Å². The molecule has 0 aromatic carbocycles. The molecule has 1 aromatic heterocycles. The van der Waals surface area contributed by atoms with Crippen LogP contribution >= 0.6 is 0 Å². The summed E-state index contributed by atoms with van der Waals surface area (Å²) in [5, 5.41) is 20.4. The van der Waals surface area contributed by atoms with Crippen LogP contribution in [-0.2, 0) is 9.53 Å². The molecule has 0 spiro atoms. The maximum Gasteiger partial charge on any atom is 0.425 e. The fraction of sp³-hybridized carbons (Fsp3) is 0.385. The number of carbonyl (C=O) groups is 1. The Kier molecular flexibility index (Phi) is 4.52. The number of hydrogen-bond acceptors (Lipinski definition) is 5. The number of alkyl halides is 3. The van der Waals surface area contributed by atoms with E-state index in [4.69, 9.17) is 0 Å². The van der Waals surface area contributed by atoms with Crippen LogP contribution in [0.3, 0.4) is 0 Å². The van der Waals surface area contributed by atoms with Gasteiger partial charge in [0.15, 0.2) is 6.10 Å². The molecule has 0 saturated heterocycles. The second-order valence-electron chi connectivity index (χ2n) is 4.90. The third-order valence-corrected chi connectivity index (χ3v) is 3.48. The van der Waals surface area contributed by atoms with Crippen molar-refractivity contribution in [2.75, 3.05) is 0 Å². The predicted octanol–water partition coefficient (Wildman–Crippen LogP) is 2.64. The molecule has 0 radical (unpaired) electrons. The van der Waals surface area contributed by atoms with Crippen LogP contribution in [0.25, 0.3) is 0 Å². The van der Waals surface area contributed by atoms with Crippen molar-refractivity contribution in [2.45, 2.75) is 24.6 Å². The number of nitrogens with zero attached hydrogens (tertiary/aromatic N) is 2. The molecule has 124 valence electrons. The Morgan fingerprint density at radius 1 is 1.52 bits per heavy atom. The van der Waals surface area contributed by atoms with Crippen molar-refractivity contribution >= 4 is 11.7 Å². The number of ether oxygens (including phenoxy) is 1. The molecule has 1 aliphatic rings. The van der Waals surface area contributed by atoms with E-state index in [-0.39, 0.29) is 5.56 Å². The van der Waals surface area contributed by atoms with Crippen molar-refractivity contribution in [2.24, 2.45) is 5.92 Å². The van der Waals surface area contributed by atoms with Gasteiger partial charge >= 0.3 is 12.1 Å². The number of nitro groups is 1. The van der Waals surface area contributed by atoms with Gasteiger partial charge in [-0.05, 0) is 12.1 Å². The smallest absolute Gasteiger partial charge is 0.425 e. The van der Waals surface area contributed by atoms with E-state index >= 15 is 0 Å². The van der Waals surface area contributed by atoms with E-state index in [0.717, 1.165) is 24.7 Å². The maximum atomic E-state index is 12.8. The van der Waals surface area contributed by atoms with Gasteiger partial charge in [0.2, 0.25) is 0 Å². The van der Waals surface area contributed by atoms with Crippen molar-refractivity contribution in [1.82, 2.24) is 4.98 Å². The number of allylic oxidation sites excluding steroid dienone is 1. The Balaban J connectivity index is 2.41. The average molecular weight is 332 g/mol. The lowest BCUT2D eigenvalue weighted by atomic mass is 9.81. The lowest BCUT2D eigenvalue weighted by Crippen LogP contribution is -2.36. The average Bonchev–Trinajstić information content (AvgIpc) is 2.47. The summed E-state index contributed by atoms with van der Waals surface area (Å²) in [5.74, 6) is -4.07. The first-order valence-corrected chi connectivity index (χ1v) is 6.41. The number of carboxylic acid groups (broad SMARTS) is 1. The lowest BCUT2D eigenvalue weighted by Gasteiger charge is -2.30. The highest BCUT2D eigenvalue weighted by Gasteiger charge is 2.46. The van der Waals surface area contributed by atoms with Crippen molar-refractivity contribution in [1.29, 1.82) is 0 Å². The number of hydrogen-bond donors (Lipinski definition) is 1. The first-order chi connectivity index (χ1) is 10.7. The van der Waals surface area contributed by atoms with Crippen molar-refractivity contribution in [3.8, 4) is 0 Å².